The average molecular weight is 270 g/mol. The summed E-state index contributed by atoms with van der Waals surface area (Å²) in [5.74, 6) is -1.12. The van der Waals surface area contributed by atoms with E-state index in [1.807, 2.05) is 0 Å². The number of aliphatic carboxylic acids is 1. The number of β-amino-alcohol motifs (C(OH)–C–C–N with tert-alkyl or cyclic N) is 1. The first-order valence-electron chi connectivity index (χ1n) is 6.88. The van der Waals surface area contributed by atoms with Crippen LogP contribution in [0.4, 0.5) is 4.79 Å². The van der Waals surface area contributed by atoms with Crippen molar-refractivity contribution in [3.05, 3.63) is 0 Å². The van der Waals surface area contributed by atoms with Gasteiger partial charge in [-0.15, -0.1) is 0 Å². The van der Waals surface area contributed by atoms with Crippen molar-refractivity contribution in [2.24, 2.45) is 5.92 Å². The zero-order valence-corrected chi connectivity index (χ0v) is 11.3. The Labute approximate surface area is 112 Å². The van der Waals surface area contributed by atoms with Crippen LogP contribution in [-0.2, 0) is 4.79 Å². The summed E-state index contributed by atoms with van der Waals surface area (Å²) in [5, 5.41) is 21.8. The molecule has 0 aromatic heterocycles. The first-order chi connectivity index (χ1) is 8.87. The van der Waals surface area contributed by atoms with E-state index < -0.39 is 11.6 Å². The van der Waals surface area contributed by atoms with Crippen molar-refractivity contribution in [3.63, 3.8) is 0 Å². The Morgan fingerprint density at radius 1 is 1.37 bits per heavy atom. The summed E-state index contributed by atoms with van der Waals surface area (Å²) >= 11 is 0. The van der Waals surface area contributed by atoms with Crippen LogP contribution < -0.4 is 5.32 Å². The number of hydrogen-bond donors (Lipinski definition) is 3. The third-order valence-corrected chi connectivity index (χ3v) is 4.07. The number of amides is 2. The van der Waals surface area contributed by atoms with Crippen LogP contribution in [0.25, 0.3) is 0 Å². The van der Waals surface area contributed by atoms with Crippen molar-refractivity contribution < 1.29 is 19.8 Å². The minimum absolute atomic E-state index is 0.0551. The number of nitrogens with zero attached hydrogens (tertiary/aromatic N) is 1. The predicted molar refractivity (Wildman–Crippen MR) is 68.7 cm³/mol. The van der Waals surface area contributed by atoms with Gasteiger partial charge in [0.2, 0.25) is 0 Å². The Kier molecular flexibility index (Phi) is 3.99. The van der Waals surface area contributed by atoms with Crippen LogP contribution in [0.15, 0.2) is 0 Å². The number of hydrogen-bond acceptors (Lipinski definition) is 3. The molecule has 6 nitrogen and oxygen atoms in total. The molecule has 1 aliphatic heterocycles. The van der Waals surface area contributed by atoms with E-state index in [9.17, 15) is 14.7 Å². The highest BCUT2D eigenvalue weighted by Crippen LogP contribution is 2.26. The number of carbonyl (C=O) groups is 2. The van der Waals surface area contributed by atoms with Gasteiger partial charge < -0.3 is 20.4 Å². The highest BCUT2D eigenvalue weighted by molar-refractivity contribution is 5.75. The van der Waals surface area contributed by atoms with Gasteiger partial charge in [0.1, 0.15) is 0 Å². The molecule has 1 heterocycles. The molecule has 19 heavy (non-hydrogen) atoms. The Bertz CT molecular complexity index is 370. The standard InChI is InChI=1S/C13H22N2O4/c1-13(19)5-2-6-15(8-13)12(18)14-10-4-3-9(7-10)11(16)17/h9-10,19H,2-8H2,1H3,(H,14,18)(H,16,17)/t9-,10+,13?/m1/s1. The normalized spacial score (nSPS) is 35.2. The summed E-state index contributed by atoms with van der Waals surface area (Å²) in [6.07, 6.45) is 3.35. The molecule has 2 aliphatic rings. The fourth-order valence-corrected chi connectivity index (χ4v) is 3.00. The van der Waals surface area contributed by atoms with E-state index in [4.69, 9.17) is 5.11 Å². The van der Waals surface area contributed by atoms with E-state index in [1.165, 1.54) is 0 Å². The predicted octanol–water partition coefficient (Wildman–Crippen LogP) is 0.796. The molecule has 1 unspecified atom stereocenters. The van der Waals surface area contributed by atoms with Crippen LogP contribution in [0.3, 0.4) is 0 Å². The lowest BCUT2D eigenvalue weighted by molar-refractivity contribution is -0.141. The van der Waals surface area contributed by atoms with Crippen LogP contribution in [0, 0.1) is 5.92 Å². The van der Waals surface area contributed by atoms with E-state index >= 15 is 0 Å². The van der Waals surface area contributed by atoms with Crippen LogP contribution >= 0.6 is 0 Å². The van der Waals surface area contributed by atoms with Gasteiger partial charge in [-0.1, -0.05) is 0 Å². The lowest BCUT2D eigenvalue weighted by Crippen LogP contribution is -2.53. The van der Waals surface area contributed by atoms with Crippen molar-refractivity contribution in [2.45, 2.75) is 50.7 Å². The molecular weight excluding hydrogens is 248 g/mol. The molecule has 2 rings (SSSR count). The van der Waals surface area contributed by atoms with E-state index in [1.54, 1.807) is 11.8 Å². The van der Waals surface area contributed by atoms with Crippen LogP contribution in [0.5, 0.6) is 0 Å². The molecule has 2 amide bonds. The summed E-state index contributed by atoms with van der Waals surface area (Å²) in [5.41, 5.74) is -0.811. The lowest BCUT2D eigenvalue weighted by atomic mass is 9.95. The molecule has 0 aromatic carbocycles. The molecular formula is C13H22N2O4. The minimum atomic E-state index is -0.811. The Balaban J connectivity index is 1.83. The van der Waals surface area contributed by atoms with Gasteiger partial charge in [-0.2, -0.15) is 0 Å². The maximum Gasteiger partial charge on any atom is 0.317 e. The van der Waals surface area contributed by atoms with Crippen molar-refractivity contribution in [1.29, 1.82) is 0 Å². The molecule has 2 fully saturated rings. The zero-order valence-electron chi connectivity index (χ0n) is 11.3. The highest BCUT2D eigenvalue weighted by Gasteiger charge is 2.34. The molecule has 108 valence electrons. The van der Waals surface area contributed by atoms with Gasteiger partial charge in [-0.05, 0) is 39.0 Å². The van der Waals surface area contributed by atoms with Gasteiger partial charge in [-0.3, -0.25) is 4.79 Å². The number of urea groups is 1. The van der Waals surface area contributed by atoms with E-state index in [0.29, 0.717) is 38.8 Å². The molecule has 0 radical (unpaired) electrons. The Morgan fingerprint density at radius 3 is 2.68 bits per heavy atom. The molecule has 6 heteroatoms. The SMILES string of the molecule is CC1(O)CCCN(C(=O)N[C@H]2CC[C@@H](C(=O)O)C2)C1. The third kappa shape index (κ3) is 3.59. The summed E-state index contributed by atoms with van der Waals surface area (Å²) in [6, 6.07) is -0.239. The molecule has 0 bridgehead atoms. The van der Waals surface area contributed by atoms with Crippen LogP contribution in [0.1, 0.15) is 39.0 Å². The largest absolute Gasteiger partial charge is 0.481 e. The second-order valence-electron chi connectivity index (χ2n) is 6.02. The van der Waals surface area contributed by atoms with E-state index in [0.717, 1.165) is 6.42 Å². The fourth-order valence-electron chi connectivity index (χ4n) is 3.00. The fraction of sp³-hybridized carbons (Fsp3) is 0.846. The van der Waals surface area contributed by atoms with Crippen LogP contribution in [-0.4, -0.2) is 51.8 Å². The first kappa shape index (κ1) is 14.1. The van der Waals surface area contributed by atoms with E-state index in [2.05, 4.69) is 5.32 Å². The number of aliphatic hydroxyl groups is 1. The summed E-state index contributed by atoms with van der Waals surface area (Å²) < 4.78 is 0. The van der Waals surface area contributed by atoms with Gasteiger partial charge in [-0.25, -0.2) is 4.79 Å². The Hall–Kier alpha value is -1.30. The summed E-state index contributed by atoms with van der Waals surface area (Å²) in [7, 11) is 0. The molecule has 3 N–H and O–H groups in total. The number of nitrogens with one attached hydrogen (secondary N) is 1. The smallest absolute Gasteiger partial charge is 0.317 e. The molecule has 0 aromatic rings. The quantitative estimate of drug-likeness (QED) is 0.692. The number of carboxylic acids is 1. The monoisotopic (exact) mass is 270 g/mol. The van der Waals surface area contributed by atoms with Gasteiger partial charge in [0, 0.05) is 12.6 Å². The number of piperidine rings is 1. The van der Waals surface area contributed by atoms with Crippen LogP contribution in [0.2, 0.25) is 0 Å². The topological polar surface area (TPSA) is 89.9 Å². The lowest BCUT2D eigenvalue weighted by Gasteiger charge is -2.37. The van der Waals surface area contributed by atoms with Gasteiger partial charge in [0.25, 0.3) is 0 Å². The number of likely N-dealkylation sites (tertiary alicyclic amines) is 1. The van der Waals surface area contributed by atoms with Crippen molar-refractivity contribution in [3.8, 4) is 0 Å². The first-order valence-corrected chi connectivity index (χ1v) is 6.88. The maximum atomic E-state index is 12.1. The highest BCUT2D eigenvalue weighted by atomic mass is 16.4. The average Bonchev–Trinajstić information content (AvgIpc) is 2.76. The van der Waals surface area contributed by atoms with E-state index in [-0.39, 0.29) is 18.0 Å². The minimum Gasteiger partial charge on any atom is -0.481 e. The summed E-state index contributed by atoms with van der Waals surface area (Å²) in [4.78, 5) is 24.6. The Morgan fingerprint density at radius 2 is 2.11 bits per heavy atom. The molecule has 1 aliphatic carbocycles. The van der Waals surface area contributed by atoms with Gasteiger partial charge >= 0.3 is 12.0 Å². The number of carboxylic acid groups (broad SMARTS) is 1. The molecule has 3 atom stereocenters. The van der Waals surface area contributed by atoms with Crippen molar-refractivity contribution >= 4 is 12.0 Å². The maximum absolute atomic E-state index is 12.1. The molecule has 1 saturated carbocycles. The molecule has 0 spiro atoms. The summed E-state index contributed by atoms with van der Waals surface area (Å²) in [6.45, 7) is 2.73. The van der Waals surface area contributed by atoms with Gasteiger partial charge in [0.05, 0.1) is 18.1 Å². The van der Waals surface area contributed by atoms with Crippen molar-refractivity contribution in [2.75, 3.05) is 13.1 Å². The number of rotatable bonds is 2. The van der Waals surface area contributed by atoms with Crippen molar-refractivity contribution in [1.82, 2.24) is 10.2 Å². The zero-order chi connectivity index (χ0) is 14.0. The van der Waals surface area contributed by atoms with Gasteiger partial charge in [0.15, 0.2) is 0 Å². The third-order valence-electron chi connectivity index (χ3n) is 4.07. The second kappa shape index (κ2) is 5.36. The molecule has 1 saturated heterocycles. The second-order valence-corrected chi connectivity index (χ2v) is 6.02. The number of carbonyl (C=O) groups excluding carboxylic acids is 1.